The molecule has 1 heteroatoms. The van der Waals surface area contributed by atoms with Crippen molar-refractivity contribution in [2.24, 2.45) is 11.1 Å². The molecule has 0 aliphatic heterocycles. The second-order valence-electron chi connectivity index (χ2n) is 6.94. The molecule has 0 aromatic heterocycles. The van der Waals surface area contributed by atoms with Crippen molar-refractivity contribution in [1.82, 2.24) is 0 Å². The van der Waals surface area contributed by atoms with Crippen LogP contribution in [0.4, 0.5) is 0 Å². The zero-order chi connectivity index (χ0) is 13.3. The minimum atomic E-state index is 0.189. The van der Waals surface area contributed by atoms with Crippen LogP contribution < -0.4 is 5.73 Å². The van der Waals surface area contributed by atoms with Crippen LogP contribution in [0.5, 0.6) is 0 Å². The zero-order valence-electron chi connectivity index (χ0n) is 12.2. The number of benzene rings is 1. The third-order valence-electron chi connectivity index (χ3n) is 3.43. The van der Waals surface area contributed by atoms with Gasteiger partial charge in [-0.2, -0.15) is 0 Å². The molecule has 0 bridgehead atoms. The summed E-state index contributed by atoms with van der Waals surface area (Å²) in [6, 6.07) is 6.85. The number of aryl methyl sites for hydroxylation is 1. The van der Waals surface area contributed by atoms with Crippen LogP contribution in [0.15, 0.2) is 18.2 Å². The molecule has 0 atom stereocenters. The van der Waals surface area contributed by atoms with E-state index in [1.807, 2.05) is 0 Å². The second kappa shape index (κ2) is 4.81. The first kappa shape index (κ1) is 14.2. The van der Waals surface area contributed by atoms with Gasteiger partial charge in [0.2, 0.25) is 0 Å². The van der Waals surface area contributed by atoms with Gasteiger partial charge in [0.1, 0.15) is 0 Å². The van der Waals surface area contributed by atoms with E-state index < -0.39 is 0 Å². The fourth-order valence-electron chi connectivity index (χ4n) is 1.95. The molecule has 0 fully saturated rings. The first-order chi connectivity index (χ1) is 7.65. The molecular weight excluding hydrogens is 206 g/mol. The minimum absolute atomic E-state index is 0.189. The molecule has 1 aromatic rings. The Morgan fingerprint density at radius 1 is 1.06 bits per heavy atom. The Hall–Kier alpha value is -0.820. The summed E-state index contributed by atoms with van der Waals surface area (Å²) in [6.45, 7) is 14.2. The number of rotatable bonds is 3. The molecular formula is C16H27N. The topological polar surface area (TPSA) is 26.0 Å². The summed E-state index contributed by atoms with van der Waals surface area (Å²) in [5.41, 5.74) is 10.4. The Morgan fingerprint density at radius 3 is 2.06 bits per heavy atom. The summed E-state index contributed by atoms with van der Waals surface area (Å²) in [6.07, 6.45) is 1.06. The minimum Gasteiger partial charge on any atom is -0.330 e. The van der Waals surface area contributed by atoms with Gasteiger partial charge in [-0.15, -0.1) is 0 Å². The summed E-state index contributed by atoms with van der Waals surface area (Å²) >= 11 is 0. The molecule has 17 heavy (non-hydrogen) atoms. The molecule has 0 heterocycles. The first-order valence-corrected chi connectivity index (χ1v) is 6.46. The smallest absolute Gasteiger partial charge is 0.00226 e. The summed E-state index contributed by atoms with van der Waals surface area (Å²) in [5.74, 6) is 0. The molecule has 0 aliphatic rings. The average Bonchev–Trinajstić information content (AvgIpc) is 2.19. The van der Waals surface area contributed by atoms with Gasteiger partial charge in [0, 0.05) is 0 Å². The van der Waals surface area contributed by atoms with Gasteiger partial charge in [-0.3, -0.25) is 0 Å². The number of hydrogen-bond acceptors (Lipinski definition) is 1. The molecule has 1 rings (SSSR count). The second-order valence-corrected chi connectivity index (χ2v) is 6.94. The van der Waals surface area contributed by atoms with E-state index in [1.54, 1.807) is 0 Å². The van der Waals surface area contributed by atoms with Crippen LogP contribution in [0, 0.1) is 12.3 Å². The Bertz CT molecular complexity index is 383. The fraction of sp³-hybridized carbons (Fsp3) is 0.625. The molecule has 0 saturated carbocycles. The van der Waals surface area contributed by atoms with Crippen molar-refractivity contribution in [3.8, 4) is 0 Å². The molecule has 2 N–H and O–H groups in total. The Kier molecular flexibility index (Phi) is 4.03. The Labute approximate surface area is 106 Å². The van der Waals surface area contributed by atoms with E-state index in [4.69, 9.17) is 5.73 Å². The van der Waals surface area contributed by atoms with Crippen LogP contribution in [0.3, 0.4) is 0 Å². The van der Waals surface area contributed by atoms with Gasteiger partial charge in [-0.25, -0.2) is 0 Å². The Morgan fingerprint density at radius 2 is 1.65 bits per heavy atom. The molecule has 0 saturated heterocycles. The van der Waals surface area contributed by atoms with Crippen molar-refractivity contribution in [1.29, 1.82) is 0 Å². The van der Waals surface area contributed by atoms with Crippen LogP contribution in [0.2, 0.25) is 0 Å². The molecule has 96 valence electrons. The van der Waals surface area contributed by atoms with Crippen molar-refractivity contribution in [3.63, 3.8) is 0 Å². The van der Waals surface area contributed by atoms with E-state index in [0.717, 1.165) is 13.0 Å². The summed E-state index contributed by atoms with van der Waals surface area (Å²) < 4.78 is 0. The van der Waals surface area contributed by atoms with Crippen molar-refractivity contribution >= 4 is 0 Å². The lowest BCUT2D eigenvalue weighted by Crippen LogP contribution is -2.26. The summed E-state index contributed by atoms with van der Waals surface area (Å²) in [4.78, 5) is 0. The fourth-order valence-corrected chi connectivity index (χ4v) is 1.95. The van der Waals surface area contributed by atoms with Gasteiger partial charge in [0.05, 0.1) is 0 Å². The van der Waals surface area contributed by atoms with E-state index in [0.29, 0.717) is 0 Å². The normalized spacial score (nSPS) is 12.9. The van der Waals surface area contributed by atoms with Crippen molar-refractivity contribution in [3.05, 3.63) is 34.9 Å². The maximum absolute atomic E-state index is 5.80. The zero-order valence-corrected chi connectivity index (χ0v) is 12.2. The van der Waals surface area contributed by atoms with Gasteiger partial charge in [0.25, 0.3) is 0 Å². The number of nitrogens with two attached hydrogens (primary N) is 1. The predicted octanol–water partition coefficient (Wildman–Crippen LogP) is 3.82. The lowest BCUT2D eigenvalue weighted by Gasteiger charge is -2.25. The molecule has 0 radical (unpaired) electrons. The molecule has 0 aliphatic carbocycles. The standard InChI is InChI=1S/C16H27N/c1-12-9-14(15(2,3)4)8-7-13(12)10-16(5,6)11-17/h7-9H,10-11,17H2,1-6H3. The van der Waals surface area contributed by atoms with E-state index in [2.05, 4.69) is 59.7 Å². The van der Waals surface area contributed by atoms with Gasteiger partial charge in [-0.1, -0.05) is 52.8 Å². The van der Waals surface area contributed by atoms with Gasteiger partial charge < -0.3 is 5.73 Å². The van der Waals surface area contributed by atoms with Crippen molar-refractivity contribution in [2.75, 3.05) is 6.54 Å². The highest BCUT2D eigenvalue weighted by Crippen LogP contribution is 2.27. The monoisotopic (exact) mass is 233 g/mol. The van der Waals surface area contributed by atoms with E-state index in [-0.39, 0.29) is 10.8 Å². The molecule has 0 amide bonds. The molecule has 0 spiro atoms. The van der Waals surface area contributed by atoms with Crippen LogP contribution >= 0.6 is 0 Å². The highest BCUT2D eigenvalue weighted by Gasteiger charge is 2.19. The van der Waals surface area contributed by atoms with Crippen molar-refractivity contribution < 1.29 is 0 Å². The maximum Gasteiger partial charge on any atom is -0.00226 e. The van der Waals surface area contributed by atoms with Crippen LogP contribution in [-0.4, -0.2) is 6.54 Å². The summed E-state index contributed by atoms with van der Waals surface area (Å²) in [7, 11) is 0. The third kappa shape index (κ3) is 3.85. The summed E-state index contributed by atoms with van der Waals surface area (Å²) in [5, 5.41) is 0. The quantitative estimate of drug-likeness (QED) is 0.844. The molecule has 0 unspecified atom stereocenters. The van der Waals surface area contributed by atoms with Crippen molar-refractivity contribution in [2.45, 2.75) is 53.4 Å². The Balaban J connectivity index is 2.99. The van der Waals surface area contributed by atoms with E-state index >= 15 is 0 Å². The van der Waals surface area contributed by atoms with Gasteiger partial charge in [-0.05, 0) is 47.4 Å². The van der Waals surface area contributed by atoms with Crippen LogP contribution in [0.25, 0.3) is 0 Å². The highest BCUT2D eigenvalue weighted by molar-refractivity contribution is 5.35. The largest absolute Gasteiger partial charge is 0.330 e. The van der Waals surface area contributed by atoms with E-state index in [1.165, 1.54) is 16.7 Å². The van der Waals surface area contributed by atoms with Crippen LogP contribution in [-0.2, 0) is 11.8 Å². The third-order valence-corrected chi connectivity index (χ3v) is 3.43. The SMILES string of the molecule is Cc1cc(C(C)(C)C)ccc1CC(C)(C)CN. The average molecular weight is 233 g/mol. The van der Waals surface area contributed by atoms with Crippen LogP contribution in [0.1, 0.15) is 51.3 Å². The highest BCUT2D eigenvalue weighted by atomic mass is 14.6. The lowest BCUT2D eigenvalue weighted by molar-refractivity contribution is 0.376. The molecule has 1 aromatic carbocycles. The number of hydrogen-bond donors (Lipinski definition) is 1. The lowest BCUT2D eigenvalue weighted by atomic mass is 9.81. The first-order valence-electron chi connectivity index (χ1n) is 6.46. The van der Waals surface area contributed by atoms with Gasteiger partial charge in [0.15, 0.2) is 0 Å². The van der Waals surface area contributed by atoms with Gasteiger partial charge >= 0.3 is 0 Å². The van der Waals surface area contributed by atoms with E-state index in [9.17, 15) is 0 Å². The maximum atomic E-state index is 5.80. The predicted molar refractivity (Wildman–Crippen MR) is 76.4 cm³/mol. The molecule has 1 nitrogen and oxygen atoms in total.